The maximum Gasteiger partial charge on any atom is 0.294 e. The van der Waals surface area contributed by atoms with Crippen LogP contribution in [-0.2, 0) is 6.54 Å². The van der Waals surface area contributed by atoms with Gasteiger partial charge in [0.25, 0.3) is 5.91 Å². The molecule has 1 amide bonds. The summed E-state index contributed by atoms with van der Waals surface area (Å²) >= 11 is 0. The Kier molecular flexibility index (Phi) is 3.88. The van der Waals surface area contributed by atoms with E-state index in [-0.39, 0.29) is 5.76 Å². The number of rotatable bonds is 5. The molecule has 1 aromatic carbocycles. The molecule has 7 nitrogen and oxygen atoms in total. The van der Waals surface area contributed by atoms with Crippen LogP contribution in [0.3, 0.4) is 0 Å². The van der Waals surface area contributed by atoms with Crippen LogP contribution in [0.2, 0.25) is 0 Å². The van der Waals surface area contributed by atoms with Gasteiger partial charge < -0.3 is 14.3 Å². The molecule has 1 N–H and O–H groups in total. The van der Waals surface area contributed by atoms with Crippen molar-refractivity contribution in [3.05, 3.63) is 78.5 Å². The van der Waals surface area contributed by atoms with Crippen LogP contribution in [0.25, 0.3) is 11.5 Å². The van der Waals surface area contributed by atoms with Crippen molar-refractivity contribution < 1.29 is 13.7 Å². The molecular weight excluding hydrogens is 320 g/mol. The van der Waals surface area contributed by atoms with E-state index in [1.165, 1.54) is 12.3 Å². The number of hydrogen-bond donors (Lipinski definition) is 1. The first kappa shape index (κ1) is 14.9. The summed E-state index contributed by atoms with van der Waals surface area (Å²) in [5.74, 6) is 0.241. The Bertz CT molecular complexity index is 971. The van der Waals surface area contributed by atoms with Gasteiger partial charge in [0, 0.05) is 12.3 Å². The lowest BCUT2D eigenvalue weighted by Crippen LogP contribution is -2.10. The molecule has 0 radical (unpaired) electrons. The zero-order chi connectivity index (χ0) is 17.1. The third-order valence-electron chi connectivity index (χ3n) is 3.59. The molecule has 124 valence electrons. The minimum absolute atomic E-state index is 0.0993. The molecule has 3 aromatic heterocycles. The van der Waals surface area contributed by atoms with Crippen molar-refractivity contribution in [3.63, 3.8) is 0 Å². The van der Waals surface area contributed by atoms with E-state index in [4.69, 9.17) is 8.94 Å². The Morgan fingerprint density at radius 2 is 2.04 bits per heavy atom. The lowest BCUT2D eigenvalue weighted by molar-refractivity contribution is 0.0988. The highest BCUT2D eigenvalue weighted by Gasteiger charge is 2.16. The van der Waals surface area contributed by atoms with Crippen LogP contribution in [0.5, 0.6) is 0 Å². The number of nitrogens with one attached hydrogen (secondary N) is 1. The molecule has 25 heavy (non-hydrogen) atoms. The molecule has 4 aromatic rings. The van der Waals surface area contributed by atoms with Gasteiger partial charge in [-0.1, -0.05) is 35.5 Å². The lowest BCUT2D eigenvalue weighted by Gasteiger charge is -2.01. The number of carbonyl (C=O) groups excluding carboxylic acids is 1. The van der Waals surface area contributed by atoms with E-state index < -0.39 is 5.91 Å². The van der Waals surface area contributed by atoms with E-state index in [1.54, 1.807) is 29.2 Å². The molecule has 0 aliphatic carbocycles. The fraction of sp³-hybridized carbons (Fsp3) is 0.0556. The Morgan fingerprint density at radius 3 is 2.84 bits per heavy atom. The monoisotopic (exact) mass is 334 g/mol. The molecule has 7 heteroatoms. The Morgan fingerprint density at radius 1 is 1.16 bits per heavy atom. The van der Waals surface area contributed by atoms with Crippen molar-refractivity contribution in [2.45, 2.75) is 6.54 Å². The van der Waals surface area contributed by atoms with Gasteiger partial charge in [-0.2, -0.15) is 5.10 Å². The van der Waals surface area contributed by atoms with E-state index in [9.17, 15) is 4.79 Å². The molecule has 0 aliphatic rings. The van der Waals surface area contributed by atoms with Gasteiger partial charge in [0.2, 0.25) is 5.76 Å². The summed E-state index contributed by atoms with van der Waals surface area (Å²) in [6.07, 6.45) is 4.88. The fourth-order valence-corrected chi connectivity index (χ4v) is 2.40. The third kappa shape index (κ3) is 3.35. The van der Waals surface area contributed by atoms with Crippen molar-refractivity contribution in [1.82, 2.24) is 14.9 Å². The van der Waals surface area contributed by atoms with Crippen molar-refractivity contribution in [2.24, 2.45) is 0 Å². The zero-order valence-electron chi connectivity index (χ0n) is 13.1. The van der Waals surface area contributed by atoms with Crippen molar-refractivity contribution in [1.29, 1.82) is 0 Å². The molecule has 0 unspecified atom stereocenters. The maximum absolute atomic E-state index is 12.3. The van der Waals surface area contributed by atoms with Gasteiger partial charge >= 0.3 is 0 Å². The second-order valence-corrected chi connectivity index (χ2v) is 5.42. The number of nitrogens with zero attached hydrogens (tertiary/aromatic N) is 3. The number of carbonyl (C=O) groups is 1. The summed E-state index contributed by atoms with van der Waals surface area (Å²) in [6.45, 7) is 0.627. The Labute approximate surface area is 142 Å². The van der Waals surface area contributed by atoms with Gasteiger partial charge in [-0.05, 0) is 17.7 Å². The van der Waals surface area contributed by atoms with Crippen LogP contribution < -0.4 is 5.32 Å². The minimum atomic E-state index is -0.399. The average Bonchev–Trinajstić information content (AvgIpc) is 3.37. The first-order valence-electron chi connectivity index (χ1n) is 7.66. The largest absolute Gasteiger partial charge is 0.463 e. The van der Waals surface area contributed by atoms with E-state index in [1.807, 2.05) is 30.3 Å². The summed E-state index contributed by atoms with van der Waals surface area (Å²) in [5.41, 5.74) is 2.17. The number of aromatic nitrogens is 3. The van der Waals surface area contributed by atoms with Crippen molar-refractivity contribution >= 4 is 11.6 Å². The number of hydrogen-bond acceptors (Lipinski definition) is 5. The predicted molar refractivity (Wildman–Crippen MR) is 89.9 cm³/mol. The summed E-state index contributed by atoms with van der Waals surface area (Å²) < 4.78 is 12.0. The highest BCUT2D eigenvalue weighted by molar-refractivity contribution is 6.02. The first-order chi connectivity index (χ1) is 12.3. The smallest absolute Gasteiger partial charge is 0.294 e. The molecule has 0 spiro atoms. The van der Waals surface area contributed by atoms with Crippen molar-refractivity contribution in [2.75, 3.05) is 5.32 Å². The van der Waals surface area contributed by atoms with Crippen LogP contribution in [0.1, 0.15) is 16.1 Å². The van der Waals surface area contributed by atoms with E-state index in [2.05, 4.69) is 15.6 Å². The summed E-state index contributed by atoms with van der Waals surface area (Å²) in [5, 5.41) is 10.8. The topological polar surface area (TPSA) is 86.1 Å². The lowest BCUT2D eigenvalue weighted by atomic mass is 10.2. The van der Waals surface area contributed by atoms with E-state index in [0.29, 0.717) is 23.7 Å². The molecule has 0 bridgehead atoms. The SMILES string of the molecule is O=C(Nc1cnn(Cc2ccccc2)c1)c1cc(-c2ccco2)no1. The highest BCUT2D eigenvalue weighted by Crippen LogP contribution is 2.20. The standard InChI is InChI=1S/C18H14N4O3/c23-18(17-9-15(21-25-17)16-7-4-8-24-16)20-14-10-19-22(12-14)11-13-5-2-1-3-6-13/h1-10,12H,11H2,(H,20,23). The summed E-state index contributed by atoms with van der Waals surface area (Å²) in [4.78, 5) is 12.3. The quantitative estimate of drug-likeness (QED) is 0.604. The molecule has 0 atom stereocenters. The highest BCUT2D eigenvalue weighted by atomic mass is 16.5. The number of anilines is 1. The molecule has 4 rings (SSSR count). The van der Waals surface area contributed by atoms with Crippen molar-refractivity contribution in [3.8, 4) is 11.5 Å². The number of benzene rings is 1. The summed E-state index contributed by atoms with van der Waals surface area (Å²) in [7, 11) is 0. The molecule has 0 saturated heterocycles. The fourth-order valence-electron chi connectivity index (χ4n) is 2.40. The molecule has 0 fully saturated rings. The Hall–Kier alpha value is -3.61. The van der Waals surface area contributed by atoms with E-state index in [0.717, 1.165) is 5.56 Å². The van der Waals surface area contributed by atoms with Crippen LogP contribution in [0, 0.1) is 0 Å². The average molecular weight is 334 g/mol. The second-order valence-electron chi connectivity index (χ2n) is 5.42. The van der Waals surface area contributed by atoms with Crippen LogP contribution >= 0.6 is 0 Å². The minimum Gasteiger partial charge on any atom is -0.463 e. The summed E-state index contributed by atoms with van der Waals surface area (Å²) in [6, 6.07) is 15.0. The molecule has 0 aliphatic heterocycles. The first-order valence-corrected chi connectivity index (χ1v) is 7.66. The van der Waals surface area contributed by atoms with E-state index >= 15 is 0 Å². The number of amides is 1. The van der Waals surface area contributed by atoms with Crippen LogP contribution in [0.4, 0.5) is 5.69 Å². The second kappa shape index (κ2) is 6.48. The van der Waals surface area contributed by atoms with Gasteiger partial charge in [-0.3, -0.25) is 9.48 Å². The maximum atomic E-state index is 12.3. The normalized spacial score (nSPS) is 10.7. The molecule has 3 heterocycles. The van der Waals surface area contributed by atoms with Crippen LogP contribution in [-0.4, -0.2) is 20.8 Å². The zero-order valence-corrected chi connectivity index (χ0v) is 13.1. The Balaban J connectivity index is 1.43. The van der Waals surface area contributed by atoms with Gasteiger partial charge in [0.05, 0.1) is 24.7 Å². The third-order valence-corrected chi connectivity index (χ3v) is 3.59. The van der Waals surface area contributed by atoms with Gasteiger partial charge in [-0.25, -0.2) is 0 Å². The van der Waals surface area contributed by atoms with Crippen LogP contribution in [0.15, 0.2) is 76.1 Å². The number of furan rings is 1. The molecule has 0 saturated carbocycles. The van der Waals surface area contributed by atoms with Gasteiger partial charge in [-0.15, -0.1) is 0 Å². The molecular formula is C18H14N4O3. The van der Waals surface area contributed by atoms with Gasteiger partial charge in [0.1, 0.15) is 5.69 Å². The van der Waals surface area contributed by atoms with Gasteiger partial charge in [0.15, 0.2) is 5.76 Å². The predicted octanol–water partition coefficient (Wildman–Crippen LogP) is 3.43.